The van der Waals surface area contributed by atoms with Gasteiger partial charge in [0.2, 0.25) is 5.91 Å². The molecule has 14 heavy (non-hydrogen) atoms. The molecule has 0 aliphatic rings. The highest BCUT2D eigenvalue weighted by molar-refractivity contribution is 5.79. The zero-order valence-corrected chi connectivity index (χ0v) is 8.95. The maximum atomic E-state index is 11.3. The van der Waals surface area contributed by atoms with Crippen molar-refractivity contribution in [2.45, 2.75) is 26.7 Å². The smallest absolute Gasteiger partial charge is 0.220 e. The molecule has 0 aliphatic carbocycles. The van der Waals surface area contributed by atoms with Crippen molar-refractivity contribution in [3.05, 3.63) is 0 Å². The van der Waals surface area contributed by atoms with Crippen molar-refractivity contribution in [3.63, 3.8) is 0 Å². The number of aldehydes is 1. The molecule has 0 aromatic rings. The van der Waals surface area contributed by atoms with Crippen molar-refractivity contribution in [2.75, 3.05) is 13.1 Å². The van der Waals surface area contributed by atoms with Gasteiger partial charge in [0.1, 0.15) is 6.29 Å². The Hall–Kier alpha value is -0.900. The Bertz CT molecular complexity index is 181. The molecule has 0 aliphatic heterocycles. The van der Waals surface area contributed by atoms with Gasteiger partial charge in [-0.25, -0.2) is 0 Å². The van der Waals surface area contributed by atoms with Gasteiger partial charge in [-0.05, 0) is 18.9 Å². The maximum absolute atomic E-state index is 11.3. The van der Waals surface area contributed by atoms with Crippen LogP contribution in [0.15, 0.2) is 0 Å². The monoisotopic (exact) mass is 200 g/mol. The average Bonchev–Trinajstić information content (AvgIpc) is 2.14. The second kappa shape index (κ2) is 7.50. The molecular weight excluding hydrogens is 180 g/mol. The molecule has 3 N–H and O–H groups in total. The van der Waals surface area contributed by atoms with E-state index < -0.39 is 0 Å². The molecule has 1 amide bonds. The molecule has 1 unspecified atom stereocenters. The first-order valence-corrected chi connectivity index (χ1v) is 5.03. The first kappa shape index (κ1) is 13.1. The molecule has 0 aromatic heterocycles. The molecule has 0 bridgehead atoms. The van der Waals surface area contributed by atoms with Crippen LogP contribution in [0.1, 0.15) is 26.7 Å². The number of carbonyl (C=O) groups is 2. The van der Waals surface area contributed by atoms with Gasteiger partial charge in [-0.3, -0.25) is 4.79 Å². The highest BCUT2D eigenvalue weighted by Crippen LogP contribution is 2.11. The summed E-state index contributed by atoms with van der Waals surface area (Å²) in [4.78, 5) is 21.9. The number of rotatable bonds is 7. The van der Waals surface area contributed by atoms with Crippen LogP contribution in [0, 0.1) is 11.8 Å². The first-order chi connectivity index (χ1) is 6.61. The molecule has 0 aromatic carbocycles. The van der Waals surface area contributed by atoms with Gasteiger partial charge in [-0.1, -0.05) is 13.8 Å². The second-order valence-corrected chi connectivity index (χ2v) is 3.74. The van der Waals surface area contributed by atoms with Crippen LogP contribution in [0.5, 0.6) is 0 Å². The summed E-state index contributed by atoms with van der Waals surface area (Å²) in [7, 11) is 0. The van der Waals surface area contributed by atoms with E-state index >= 15 is 0 Å². The molecule has 0 saturated carbocycles. The SMILES string of the molecule is CC(C)C(C=O)CC(=O)NCCCN. The molecule has 4 heteroatoms. The van der Waals surface area contributed by atoms with E-state index in [0.29, 0.717) is 13.1 Å². The number of hydrogen-bond acceptors (Lipinski definition) is 3. The Labute approximate surface area is 85.2 Å². The molecular formula is C10H20N2O2. The van der Waals surface area contributed by atoms with Crippen LogP contribution >= 0.6 is 0 Å². The highest BCUT2D eigenvalue weighted by Gasteiger charge is 2.15. The lowest BCUT2D eigenvalue weighted by Crippen LogP contribution is -2.29. The molecule has 0 rings (SSSR count). The van der Waals surface area contributed by atoms with Crippen molar-refractivity contribution in [1.82, 2.24) is 5.32 Å². The van der Waals surface area contributed by atoms with E-state index in [2.05, 4.69) is 5.32 Å². The molecule has 0 fully saturated rings. The van der Waals surface area contributed by atoms with Gasteiger partial charge in [-0.15, -0.1) is 0 Å². The van der Waals surface area contributed by atoms with Gasteiger partial charge >= 0.3 is 0 Å². The van der Waals surface area contributed by atoms with Crippen LogP contribution in [-0.4, -0.2) is 25.3 Å². The van der Waals surface area contributed by atoms with Crippen molar-refractivity contribution < 1.29 is 9.59 Å². The molecule has 4 nitrogen and oxygen atoms in total. The van der Waals surface area contributed by atoms with Gasteiger partial charge in [0.25, 0.3) is 0 Å². The summed E-state index contributed by atoms with van der Waals surface area (Å²) in [6.07, 6.45) is 1.91. The fraction of sp³-hybridized carbons (Fsp3) is 0.800. The van der Waals surface area contributed by atoms with E-state index in [0.717, 1.165) is 12.7 Å². The Balaban J connectivity index is 3.73. The van der Waals surface area contributed by atoms with Gasteiger partial charge < -0.3 is 15.8 Å². The zero-order valence-electron chi connectivity index (χ0n) is 8.95. The maximum Gasteiger partial charge on any atom is 0.220 e. The number of nitrogens with two attached hydrogens (primary N) is 1. The molecule has 0 heterocycles. The summed E-state index contributed by atoms with van der Waals surface area (Å²) in [5.41, 5.74) is 5.28. The minimum absolute atomic E-state index is 0.0655. The van der Waals surface area contributed by atoms with Crippen LogP contribution in [0.2, 0.25) is 0 Å². The van der Waals surface area contributed by atoms with Crippen LogP contribution in [0.25, 0.3) is 0 Å². The minimum Gasteiger partial charge on any atom is -0.356 e. The summed E-state index contributed by atoms with van der Waals surface area (Å²) >= 11 is 0. The predicted molar refractivity (Wildman–Crippen MR) is 55.7 cm³/mol. The van der Waals surface area contributed by atoms with Crippen molar-refractivity contribution >= 4 is 12.2 Å². The van der Waals surface area contributed by atoms with Gasteiger partial charge in [0.15, 0.2) is 0 Å². The molecule has 0 radical (unpaired) electrons. The molecule has 0 spiro atoms. The van der Waals surface area contributed by atoms with Crippen LogP contribution in [0.3, 0.4) is 0 Å². The number of nitrogens with one attached hydrogen (secondary N) is 1. The topological polar surface area (TPSA) is 72.2 Å². The lowest BCUT2D eigenvalue weighted by molar-refractivity contribution is -0.125. The largest absolute Gasteiger partial charge is 0.356 e. The van der Waals surface area contributed by atoms with Gasteiger partial charge in [0, 0.05) is 18.9 Å². The fourth-order valence-corrected chi connectivity index (χ4v) is 1.06. The number of hydrogen-bond donors (Lipinski definition) is 2. The van der Waals surface area contributed by atoms with Crippen molar-refractivity contribution in [2.24, 2.45) is 17.6 Å². The highest BCUT2D eigenvalue weighted by atomic mass is 16.1. The van der Waals surface area contributed by atoms with E-state index in [1.54, 1.807) is 0 Å². The summed E-state index contributed by atoms with van der Waals surface area (Å²) in [6.45, 7) is 5.04. The predicted octanol–water partition coefficient (Wildman–Crippen LogP) is 0.313. The zero-order chi connectivity index (χ0) is 11.0. The Morgan fingerprint density at radius 1 is 1.50 bits per heavy atom. The lowest BCUT2D eigenvalue weighted by Gasteiger charge is -2.13. The minimum atomic E-state index is -0.173. The normalized spacial score (nSPS) is 12.6. The third kappa shape index (κ3) is 5.70. The molecule has 0 saturated heterocycles. The van der Waals surface area contributed by atoms with E-state index in [4.69, 9.17) is 5.73 Å². The van der Waals surface area contributed by atoms with E-state index in [1.165, 1.54) is 0 Å². The van der Waals surface area contributed by atoms with E-state index in [9.17, 15) is 9.59 Å². The first-order valence-electron chi connectivity index (χ1n) is 5.03. The van der Waals surface area contributed by atoms with Gasteiger partial charge in [-0.2, -0.15) is 0 Å². The molecule has 1 atom stereocenters. The summed E-state index contributed by atoms with van der Waals surface area (Å²) in [5.74, 6) is -0.0233. The van der Waals surface area contributed by atoms with Crippen LogP contribution in [0.4, 0.5) is 0 Å². The quantitative estimate of drug-likeness (QED) is 0.459. The third-order valence-electron chi connectivity index (χ3n) is 2.16. The third-order valence-corrected chi connectivity index (χ3v) is 2.16. The van der Waals surface area contributed by atoms with Gasteiger partial charge in [0.05, 0.1) is 0 Å². The average molecular weight is 200 g/mol. The van der Waals surface area contributed by atoms with Crippen molar-refractivity contribution in [3.8, 4) is 0 Å². The van der Waals surface area contributed by atoms with Crippen LogP contribution < -0.4 is 11.1 Å². The summed E-state index contributed by atoms with van der Waals surface area (Å²) in [5, 5.41) is 2.73. The summed E-state index contributed by atoms with van der Waals surface area (Å²) < 4.78 is 0. The van der Waals surface area contributed by atoms with Crippen LogP contribution in [-0.2, 0) is 9.59 Å². The summed E-state index contributed by atoms with van der Waals surface area (Å²) in [6, 6.07) is 0. The Morgan fingerprint density at radius 2 is 2.14 bits per heavy atom. The number of carbonyl (C=O) groups excluding carboxylic acids is 2. The second-order valence-electron chi connectivity index (χ2n) is 3.74. The lowest BCUT2D eigenvalue weighted by atomic mass is 9.94. The Morgan fingerprint density at radius 3 is 2.57 bits per heavy atom. The standard InChI is InChI=1S/C10H20N2O2/c1-8(2)9(7-13)6-10(14)12-5-3-4-11/h7-9H,3-6,11H2,1-2H3,(H,12,14). The Kier molecular flexibility index (Phi) is 7.02. The van der Waals surface area contributed by atoms with E-state index in [1.807, 2.05) is 13.8 Å². The fourth-order valence-electron chi connectivity index (χ4n) is 1.06. The van der Waals surface area contributed by atoms with E-state index in [-0.39, 0.29) is 24.2 Å². The number of amides is 1. The molecule has 82 valence electrons. The van der Waals surface area contributed by atoms with Crippen molar-refractivity contribution in [1.29, 1.82) is 0 Å².